The Morgan fingerprint density at radius 1 is 1.25 bits per heavy atom. The summed E-state index contributed by atoms with van der Waals surface area (Å²) in [6.07, 6.45) is 10.1. The van der Waals surface area contributed by atoms with Crippen LogP contribution in [-0.4, -0.2) is 23.0 Å². The van der Waals surface area contributed by atoms with Crippen molar-refractivity contribution in [1.29, 1.82) is 0 Å². The van der Waals surface area contributed by atoms with Crippen LogP contribution in [0.3, 0.4) is 0 Å². The lowest BCUT2D eigenvalue weighted by atomic mass is 10.1. The molecular weight excluding hydrogens is 146 g/mol. The van der Waals surface area contributed by atoms with E-state index in [0.29, 0.717) is 5.54 Å². The van der Waals surface area contributed by atoms with Crippen molar-refractivity contribution >= 4 is 0 Å². The zero-order chi connectivity index (χ0) is 8.60. The first-order valence-electron chi connectivity index (χ1n) is 5.16. The topological polar surface area (TPSA) is 3.24 Å². The molecule has 1 nitrogen and oxygen atoms in total. The van der Waals surface area contributed by atoms with Gasteiger partial charge < -0.3 is 0 Å². The van der Waals surface area contributed by atoms with E-state index in [1.807, 2.05) is 0 Å². The number of hydrogen-bond donors (Lipinski definition) is 0. The van der Waals surface area contributed by atoms with Crippen LogP contribution in [0.15, 0.2) is 12.2 Å². The lowest BCUT2D eigenvalue weighted by molar-refractivity contribution is 0.142. The Morgan fingerprint density at radius 2 is 2.00 bits per heavy atom. The summed E-state index contributed by atoms with van der Waals surface area (Å²) >= 11 is 0. The van der Waals surface area contributed by atoms with Crippen LogP contribution in [0, 0.1) is 0 Å². The van der Waals surface area contributed by atoms with Gasteiger partial charge in [-0.25, -0.2) is 0 Å². The molecule has 2 aliphatic rings. The minimum absolute atomic E-state index is 0.598. The molecule has 1 heteroatoms. The summed E-state index contributed by atoms with van der Waals surface area (Å²) in [5.74, 6) is 0. The standard InChI is InChI=1S/C11H19N/c1-10(2)12-9-5-3-4-6-11(12)7-8-11/h3-4,10H,5-9H2,1-2H3. The van der Waals surface area contributed by atoms with Crippen molar-refractivity contribution in [2.75, 3.05) is 6.54 Å². The van der Waals surface area contributed by atoms with Crippen molar-refractivity contribution in [2.24, 2.45) is 0 Å². The van der Waals surface area contributed by atoms with Gasteiger partial charge in [0.15, 0.2) is 0 Å². The van der Waals surface area contributed by atoms with Gasteiger partial charge in [0, 0.05) is 18.1 Å². The van der Waals surface area contributed by atoms with Crippen molar-refractivity contribution in [2.45, 2.75) is 51.1 Å². The lowest BCUT2D eigenvalue weighted by Gasteiger charge is -2.33. The van der Waals surface area contributed by atoms with Gasteiger partial charge in [0.25, 0.3) is 0 Å². The van der Waals surface area contributed by atoms with E-state index in [1.165, 1.54) is 32.2 Å². The van der Waals surface area contributed by atoms with E-state index in [9.17, 15) is 0 Å². The van der Waals surface area contributed by atoms with Gasteiger partial charge in [-0.2, -0.15) is 0 Å². The van der Waals surface area contributed by atoms with Crippen molar-refractivity contribution in [3.05, 3.63) is 12.2 Å². The molecule has 2 rings (SSSR count). The van der Waals surface area contributed by atoms with Crippen LogP contribution in [0.4, 0.5) is 0 Å². The summed E-state index contributed by atoms with van der Waals surface area (Å²) in [6.45, 7) is 5.92. The van der Waals surface area contributed by atoms with Gasteiger partial charge in [-0.15, -0.1) is 0 Å². The molecule has 0 N–H and O–H groups in total. The second-order valence-electron chi connectivity index (χ2n) is 4.48. The highest BCUT2D eigenvalue weighted by Gasteiger charge is 2.47. The van der Waals surface area contributed by atoms with E-state index < -0.39 is 0 Å². The maximum atomic E-state index is 2.70. The van der Waals surface area contributed by atoms with Crippen LogP contribution in [0.25, 0.3) is 0 Å². The first-order chi connectivity index (χ1) is 5.75. The van der Waals surface area contributed by atoms with Gasteiger partial charge in [-0.05, 0) is 39.5 Å². The molecule has 0 unspecified atom stereocenters. The molecule has 1 fully saturated rings. The monoisotopic (exact) mass is 165 g/mol. The zero-order valence-corrected chi connectivity index (χ0v) is 8.21. The lowest BCUT2D eigenvalue weighted by Crippen LogP contribution is -2.41. The first-order valence-corrected chi connectivity index (χ1v) is 5.16. The molecule has 0 aromatic carbocycles. The predicted molar refractivity (Wildman–Crippen MR) is 52.2 cm³/mol. The third-order valence-corrected chi connectivity index (χ3v) is 3.26. The zero-order valence-electron chi connectivity index (χ0n) is 8.21. The van der Waals surface area contributed by atoms with Crippen LogP contribution in [0.5, 0.6) is 0 Å². The molecule has 1 aliphatic heterocycles. The summed E-state index contributed by atoms with van der Waals surface area (Å²) < 4.78 is 0. The number of nitrogens with zero attached hydrogens (tertiary/aromatic N) is 1. The molecule has 0 aromatic heterocycles. The quantitative estimate of drug-likeness (QED) is 0.540. The average Bonchev–Trinajstić information content (AvgIpc) is 2.80. The molecule has 0 atom stereocenters. The molecule has 12 heavy (non-hydrogen) atoms. The highest BCUT2D eigenvalue weighted by Crippen LogP contribution is 2.46. The second kappa shape index (κ2) is 2.88. The van der Waals surface area contributed by atoms with Gasteiger partial charge >= 0.3 is 0 Å². The van der Waals surface area contributed by atoms with Gasteiger partial charge in [0.2, 0.25) is 0 Å². The minimum atomic E-state index is 0.598. The smallest absolute Gasteiger partial charge is 0.0248 e. The van der Waals surface area contributed by atoms with E-state index >= 15 is 0 Å². The Hall–Kier alpha value is -0.300. The molecule has 1 saturated carbocycles. The van der Waals surface area contributed by atoms with Crippen LogP contribution in [-0.2, 0) is 0 Å². The summed E-state index contributed by atoms with van der Waals surface area (Å²) in [7, 11) is 0. The molecule has 0 radical (unpaired) electrons. The minimum Gasteiger partial charge on any atom is -0.295 e. The van der Waals surface area contributed by atoms with Crippen molar-refractivity contribution in [1.82, 2.24) is 4.90 Å². The normalized spacial score (nSPS) is 27.9. The Morgan fingerprint density at radius 3 is 2.58 bits per heavy atom. The van der Waals surface area contributed by atoms with E-state index in [0.717, 1.165) is 6.04 Å². The fourth-order valence-electron chi connectivity index (χ4n) is 2.43. The Labute approximate surface area is 75.4 Å². The molecule has 68 valence electrons. The Balaban J connectivity index is 2.10. The maximum absolute atomic E-state index is 2.70. The van der Waals surface area contributed by atoms with Crippen LogP contribution in [0.2, 0.25) is 0 Å². The maximum Gasteiger partial charge on any atom is 0.0248 e. The molecule has 0 bridgehead atoms. The number of hydrogen-bond acceptors (Lipinski definition) is 1. The molecular formula is C11H19N. The SMILES string of the molecule is CC(C)N1CCC=CCC12CC2. The largest absolute Gasteiger partial charge is 0.295 e. The third-order valence-electron chi connectivity index (χ3n) is 3.26. The Kier molecular flexibility index (Phi) is 1.99. The van der Waals surface area contributed by atoms with Crippen LogP contribution in [0.1, 0.15) is 39.5 Å². The van der Waals surface area contributed by atoms with Crippen molar-refractivity contribution < 1.29 is 0 Å². The third kappa shape index (κ3) is 1.31. The number of rotatable bonds is 1. The fourth-order valence-corrected chi connectivity index (χ4v) is 2.43. The average molecular weight is 165 g/mol. The van der Waals surface area contributed by atoms with Crippen molar-refractivity contribution in [3.8, 4) is 0 Å². The summed E-state index contributed by atoms with van der Waals surface area (Å²) in [4.78, 5) is 2.70. The van der Waals surface area contributed by atoms with Gasteiger partial charge in [-0.3, -0.25) is 4.90 Å². The molecule has 1 spiro atoms. The molecule has 1 aliphatic carbocycles. The molecule has 0 saturated heterocycles. The molecule has 0 aromatic rings. The van der Waals surface area contributed by atoms with E-state index in [1.54, 1.807) is 0 Å². The molecule has 0 amide bonds. The van der Waals surface area contributed by atoms with Crippen LogP contribution < -0.4 is 0 Å². The second-order valence-corrected chi connectivity index (χ2v) is 4.48. The summed E-state index contributed by atoms with van der Waals surface area (Å²) in [6, 6.07) is 0.729. The Bertz CT molecular complexity index is 189. The predicted octanol–water partition coefficient (Wildman–Crippen LogP) is 2.58. The van der Waals surface area contributed by atoms with Gasteiger partial charge in [0.1, 0.15) is 0 Å². The van der Waals surface area contributed by atoms with Crippen molar-refractivity contribution in [3.63, 3.8) is 0 Å². The highest BCUT2D eigenvalue weighted by molar-refractivity contribution is 5.11. The summed E-state index contributed by atoms with van der Waals surface area (Å²) in [5, 5.41) is 0. The van der Waals surface area contributed by atoms with E-state index in [-0.39, 0.29) is 0 Å². The highest BCUT2D eigenvalue weighted by atomic mass is 15.2. The van der Waals surface area contributed by atoms with E-state index in [2.05, 4.69) is 30.9 Å². The van der Waals surface area contributed by atoms with E-state index in [4.69, 9.17) is 0 Å². The fraction of sp³-hybridized carbons (Fsp3) is 0.818. The van der Waals surface area contributed by atoms with Gasteiger partial charge in [-0.1, -0.05) is 12.2 Å². The van der Waals surface area contributed by atoms with Crippen LogP contribution >= 0.6 is 0 Å². The first kappa shape index (κ1) is 8.31. The summed E-state index contributed by atoms with van der Waals surface area (Å²) in [5.41, 5.74) is 0.598. The van der Waals surface area contributed by atoms with Gasteiger partial charge in [0.05, 0.1) is 0 Å². The molecule has 1 heterocycles.